The fourth-order valence-electron chi connectivity index (χ4n) is 7.61. The SMILES string of the molecule is c1ccc(-c2sc3c(ccc4oc5cc(-c6c7ccccc7c(-c7ccccc7)c7ccccc67)ccc5c43)c2-c2ccccc2)cc1. The molecule has 0 aliphatic carbocycles. The molecule has 0 aliphatic heterocycles. The highest BCUT2D eigenvalue weighted by atomic mass is 32.1. The van der Waals surface area contributed by atoms with Crippen molar-refractivity contribution in [2.24, 2.45) is 0 Å². The Morgan fingerprint density at radius 1 is 0.333 bits per heavy atom. The summed E-state index contributed by atoms with van der Waals surface area (Å²) in [6, 6.07) is 61.1. The van der Waals surface area contributed by atoms with Gasteiger partial charge in [-0.05, 0) is 79.2 Å². The first-order chi connectivity index (χ1) is 23.8. The number of furan rings is 1. The van der Waals surface area contributed by atoms with Gasteiger partial charge in [0.05, 0.1) is 0 Å². The van der Waals surface area contributed by atoms with Crippen LogP contribution in [0.3, 0.4) is 0 Å². The second-order valence-electron chi connectivity index (χ2n) is 12.4. The Bertz CT molecular complexity index is 2750. The van der Waals surface area contributed by atoms with Crippen molar-refractivity contribution in [1.29, 1.82) is 0 Å². The maximum Gasteiger partial charge on any atom is 0.136 e. The lowest BCUT2D eigenvalue weighted by molar-refractivity contribution is 0.669. The first-order valence-corrected chi connectivity index (χ1v) is 17.2. The molecule has 1 nitrogen and oxygen atoms in total. The van der Waals surface area contributed by atoms with Crippen LogP contribution >= 0.6 is 11.3 Å². The second-order valence-corrected chi connectivity index (χ2v) is 13.4. The average molecular weight is 629 g/mol. The highest BCUT2D eigenvalue weighted by molar-refractivity contribution is 7.24. The number of hydrogen-bond donors (Lipinski definition) is 0. The number of thiophene rings is 1. The molecular weight excluding hydrogens is 601 g/mol. The van der Waals surface area contributed by atoms with Gasteiger partial charge < -0.3 is 4.42 Å². The van der Waals surface area contributed by atoms with Crippen LogP contribution in [0.15, 0.2) is 174 Å². The third kappa shape index (κ3) is 4.10. The molecule has 0 saturated carbocycles. The first kappa shape index (κ1) is 27.2. The molecule has 0 unspecified atom stereocenters. The molecule has 0 fully saturated rings. The van der Waals surface area contributed by atoms with Crippen LogP contribution in [-0.4, -0.2) is 0 Å². The lowest BCUT2D eigenvalue weighted by Crippen LogP contribution is -1.90. The molecule has 0 atom stereocenters. The van der Waals surface area contributed by atoms with Crippen molar-refractivity contribution in [2.45, 2.75) is 0 Å². The smallest absolute Gasteiger partial charge is 0.136 e. The second kappa shape index (κ2) is 10.8. The Kier molecular flexibility index (Phi) is 6.12. The van der Waals surface area contributed by atoms with Crippen LogP contribution in [0.2, 0.25) is 0 Å². The Morgan fingerprint density at radius 3 is 1.40 bits per heavy atom. The molecule has 0 radical (unpaired) electrons. The normalized spacial score (nSPS) is 11.8. The van der Waals surface area contributed by atoms with E-state index in [1.54, 1.807) is 0 Å². The van der Waals surface area contributed by atoms with Crippen LogP contribution in [0.25, 0.3) is 97.4 Å². The summed E-state index contributed by atoms with van der Waals surface area (Å²) in [7, 11) is 0. The maximum absolute atomic E-state index is 6.71. The molecule has 0 saturated heterocycles. The Balaban J connectivity index is 1.24. The predicted octanol–water partition coefficient (Wildman–Crippen LogP) is 13.8. The highest BCUT2D eigenvalue weighted by Crippen LogP contribution is 2.50. The number of hydrogen-bond acceptors (Lipinski definition) is 2. The Morgan fingerprint density at radius 2 is 0.812 bits per heavy atom. The fourth-order valence-corrected chi connectivity index (χ4v) is 8.99. The first-order valence-electron chi connectivity index (χ1n) is 16.4. The largest absolute Gasteiger partial charge is 0.456 e. The molecule has 48 heavy (non-hydrogen) atoms. The molecular formula is C46H28OS. The van der Waals surface area contributed by atoms with Crippen molar-refractivity contribution in [1.82, 2.24) is 0 Å². The van der Waals surface area contributed by atoms with Crippen LogP contribution in [0.5, 0.6) is 0 Å². The van der Waals surface area contributed by atoms with E-state index in [0.717, 1.165) is 22.1 Å². The molecule has 0 bridgehead atoms. The zero-order valence-electron chi connectivity index (χ0n) is 26.0. The van der Waals surface area contributed by atoms with E-state index in [4.69, 9.17) is 4.42 Å². The van der Waals surface area contributed by atoms with Gasteiger partial charge in [-0.2, -0.15) is 0 Å². The van der Waals surface area contributed by atoms with E-state index in [1.807, 2.05) is 11.3 Å². The molecule has 2 heterocycles. The highest BCUT2D eigenvalue weighted by Gasteiger charge is 2.22. The Hall–Kier alpha value is -5.96. The topological polar surface area (TPSA) is 13.1 Å². The van der Waals surface area contributed by atoms with Crippen LogP contribution in [0, 0.1) is 0 Å². The van der Waals surface area contributed by atoms with Crippen molar-refractivity contribution in [3.8, 4) is 43.8 Å². The minimum atomic E-state index is 0.909. The van der Waals surface area contributed by atoms with Crippen molar-refractivity contribution in [3.63, 3.8) is 0 Å². The summed E-state index contributed by atoms with van der Waals surface area (Å²) < 4.78 is 7.97. The van der Waals surface area contributed by atoms with Gasteiger partial charge in [-0.1, -0.05) is 146 Å². The third-order valence-electron chi connectivity index (χ3n) is 9.67. The minimum Gasteiger partial charge on any atom is -0.456 e. The van der Waals surface area contributed by atoms with Crippen molar-refractivity contribution < 1.29 is 4.42 Å². The van der Waals surface area contributed by atoms with E-state index >= 15 is 0 Å². The number of rotatable bonds is 4. The Labute approximate surface area is 282 Å². The van der Waals surface area contributed by atoms with Gasteiger partial charge in [0.25, 0.3) is 0 Å². The summed E-state index contributed by atoms with van der Waals surface area (Å²) in [5.41, 5.74) is 10.5. The molecule has 0 aliphatic rings. The van der Waals surface area contributed by atoms with Crippen LogP contribution in [-0.2, 0) is 0 Å². The van der Waals surface area contributed by atoms with Gasteiger partial charge in [0.2, 0.25) is 0 Å². The van der Waals surface area contributed by atoms with Gasteiger partial charge in [0, 0.05) is 31.3 Å². The summed E-state index contributed by atoms with van der Waals surface area (Å²) in [6.45, 7) is 0. The van der Waals surface area contributed by atoms with E-state index in [9.17, 15) is 0 Å². The van der Waals surface area contributed by atoms with Crippen molar-refractivity contribution in [3.05, 3.63) is 170 Å². The van der Waals surface area contributed by atoms with E-state index in [2.05, 4.69) is 170 Å². The van der Waals surface area contributed by atoms with Crippen LogP contribution in [0.1, 0.15) is 0 Å². The fraction of sp³-hybridized carbons (Fsp3) is 0. The molecule has 8 aromatic carbocycles. The molecule has 10 rings (SSSR count). The molecule has 2 heteroatoms. The molecule has 224 valence electrons. The van der Waals surface area contributed by atoms with E-state index in [-0.39, 0.29) is 0 Å². The molecule has 0 amide bonds. The van der Waals surface area contributed by atoms with Gasteiger partial charge in [-0.15, -0.1) is 11.3 Å². The van der Waals surface area contributed by atoms with Crippen molar-refractivity contribution >= 4 is 64.9 Å². The van der Waals surface area contributed by atoms with E-state index in [0.29, 0.717) is 0 Å². The monoisotopic (exact) mass is 628 g/mol. The molecule has 0 spiro atoms. The van der Waals surface area contributed by atoms with Gasteiger partial charge in [-0.25, -0.2) is 0 Å². The molecule has 10 aromatic rings. The summed E-state index contributed by atoms with van der Waals surface area (Å²) in [6.07, 6.45) is 0. The van der Waals surface area contributed by atoms with Crippen LogP contribution < -0.4 is 0 Å². The average Bonchev–Trinajstić information content (AvgIpc) is 3.73. The van der Waals surface area contributed by atoms with Gasteiger partial charge in [0.1, 0.15) is 11.2 Å². The van der Waals surface area contributed by atoms with Crippen LogP contribution in [0.4, 0.5) is 0 Å². The summed E-state index contributed by atoms with van der Waals surface area (Å²) >= 11 is 1.86. The summed E-state index contributed by atoms with van der Waals surface area (Å²) in [4.78, 5) is 1.28. The lowest BCUT2D eigenvalue weighted by Gasteiger charge is -2.17. The third-order valence-corrected chi connectivity index (χ3v) is 10.9. The minimum absolute atomic E-state index is 0.909. The summed E-state index contributed by atoms with van der Waals surface area (Å²) in [5.74, 6) is 0. The number of benzene rings is 8. The van der Waals surface area contributed by atoms with E-state index < -0.39 is 0 Å². The standard InChI is InChI=1S/C46H28OS/c1-4-14-29(15-5-1)41-33-20-10-12-22-35(33)42(36-23-13-11-21-34(36)41)32-24-25-37-40(28-32)47-39-27-26-38-43(30-16-6-2-7-17-30)45(48-46(38)44(37)39)31-18-8-3-9-19-31/h1-28H. The lowest BCUT2D eigenvalue weighted by atomic mass is 9.86. The number of fused-ring (bicyclic) bond motifs is 7. The van der Waals surface area contributed by atoms with Gasteiger partial charge in [-0.3, -0.25) is 0 Å². The quantitative estimate of drug-likeness (QED) is 0.177. The van der Waals surface area contributed by atoms with E-state index in [1.165, 1.54) is 75.3 Å². The van der Waals surface area contributed by atoms with Gasteiger partial charge in [0.15, 0.2) is 0 Å². The molecule has 2 aromatic heterocycles. The maximum atomic E-state index is 6.71. The predicted molar refractivity (Wildman–Crippen MR) is 206 cm³/mol. The van der Waals surface area contributed by atoms with Crippen molar-refractivity contribution in [2.75, 3.05) is 0 Å². The zero-order chi connectivity index (χ0) is 31.6. The zero-order valence-corrected chi connectivity index (χ0v) is 26.8. The summed E-state index contributed by atoms with van der Waals surface area (Å²) in [5, 5.41) is 8.59. The van der Waals surface area contributed by atoms with Gasteiger partial charge >= 0.3 is 0 Å². The molecule has 0 N–H and O–H groups in total.